The number of rotatable bonds is 4. The molecule has 0 fully saturated rings. The Bertz CT molecular complexity index is 3290. The molecule has 0 unspecified atom stereocenters. The van der Waals surface area contributed by atoms with Crippen molar-refractivity contribution in [3.63, 3.8) is 0 Å². The number of aromatic nitrogens is 4. The number of hydrogen-bond donors (Lipinski definition) is 0. The highest BCUT2D eigenvalue weighted by Gasteiger charge is 2.36. The average Bonchev–Trinajstić information content (AvgIpc) is 3.97. The third kappa shape index (κ3) is 4.16. The Balaban J connectivity index is 1.25. The molecule has 0 atom stereocenters. The highest BCUT2D eigenvalue weighted by Crippen LogP contribution is 2.50. The van der Waals surface area contributed by atoms with Crippen molar-refractivity contribution in [2.45, 2.75) is 19.3 Å². The number of fused-ring (bicyclic) bond motifs is 10. The van der Waals surface area contributed by atoms with Gasteiger partial charge in [-0.3, -0.25) is 4.57 Å². The van der Waals surface area contributed by atoms with E-state index in [2.05, 4.69) is 210 Å². The largest absolute Gasteiger partial charge is 0.307 e. The molecular formula is C52H36N4. The van der Waals surface area contributed by atoms with Crippen molar-refractivity contribution in [1.82, 2.24) is 18.7 Å². The van der Waals surface area contributed by atoms with E-state index in [1.165, 1.54) is 54.8 Å². The van der Waals surface area contributed by atoms with Crippen LogP contribution in [0.5, 0.6) is 0 Å². The van der Waals surface area contributed by atoms with Crippen LogP contribution < -0.4 is 0 Å². The molecule has 8 aromatic carbocycles. The van der Waals surface area contributed by atoms with Gasteiger partial charge in [-0.15, -0.1) is 0 Å². The van der Waals surface area contributed by atoms with Gasteiger partial charge >= 0.3 is 0 Å². The minimum atomic E-state index is -0.145. The molecule has 1 aliphatic rings. The number of benzene rings is 8. The lowest BCUT2D eigenvalue weighted by atomic mass is 9.82. The van der Waals surface area contributed by atoms with Crippen molar-refractivity contribution in [1.29, 1.82) is 0 Å². The predicted octanol–water partition coefficient (Wildman–Crippen LogP) is 13.2. The molecule has 4 nitrogen and oxygen atoms in total. The van der Waals surface area contributed by atoms with Gasteiger partial charge in [-0.05, 0) is 76.9 Å². The zero-order valence-electron chi connectivity index (χ0n) is 31.1. The molecule has 0 saturated carbocycles. The van der Waals surface area contributed by atoms with E-state index in [-0.39, 0.29) is 5.41 Å². The first-order valence-corrected chi connectivity index (χ1v) is 19.4. The first kappa shape index (κ1) is 31.2. The second-order valence-electron chi connectivity index (χ2n) is 15.6. The van der Waals surface area contributed by atoms with Crippen molar-refractivity contribution in [2.75, 3.05) is 0 Å². The second kappa shape index (κ2) is 11.4. The van der Waals surface area contributed by atoms with Crippen molar-refractivity contribution >= 4 is 54.6 Å². The summed E-state index contributed by atoms with van der Waals surface area (Å²) in [6.45, 7) is 4.70. The quantitative estimate of drug-likeness (QED) is 0.178. The Morgan fingerprint density at radius 2 is 0.893 bits per heavy atom. The first-order chi connectivity index (χ1) is 27.6. The summed E-state index contributed by atoms with van der Waals surface area (Å²) in [5.41, 5.74) is 16.1. The van der Waals surface area contributed by atoms with Crippen LogP contribution in [-0.4, -0.2) is 18.7 Å². The number of hydrogen-bond acceptors (Lipinski definition) is 1. The number of imidazole rings is 1. The van der Waals surface area contributed by atoms with Gasteiger partial charge in [-0.2, -0.15) is 0 Å². The van der Waals surface area contributed by atoms with E-state index in [4.69, 9.17) is 4.98 Å². The summed E-state index contributed by atoms with van der Waals surface area (Å²) in [5, 5.41) is 4.92. The summed E-state index contributed by atoms with van der Waals surface area (Å²) in [4.78, 5) is 5.81. The Labute approximate surface area is 324 Å². The van der Waals surface area contributed by atoms with E-state index < -0.39 is 0 Å². The molecule has 0 aliphatic heterocycles. The molecule has 0 bridgehead atoms. The molecule has 4 heteroatoms. The molecule has 11 aromatic rings. The van der Waals surface area contributed by atoms with Crippen molar-refractivity contribution in [3.8, 4) is 39.6 Å². The fraction of sp³-hybridized carbons (Fsp3) is 0.0577. The minimum Gasteiger partial charge on any atom is -0.307 e. The van der Waals surface area contributed by atoms with E-state index in [1.807, 2.05) is 0 Å². The summed E-state index contributed by atoms with van der Waals surface area (Å²) < 4.78 is 7.26. The molecule has 0 saturated heterocycles. The van der Waals surface area contributed by atoms with E-state index in [0.717, 1.165) is 50.5 Å². The molecular weight excluding hydrogens is 681 g/mol. The fourth-order valence-electron chi connectivity index (χ4n) is 9.74. The van der Waals surface area contributed by atoms with E-state index in [9.17, 15) is 0 Å². The smallest absolute Gasteiger partial charge is 0.145 e. The molecule has 3 aromatic heterocycles. The van der Waals surface area contributed by atoms with Crippen LogP contribution in [-0.2, 0) is 5.41 Å². The lowest BCUT2D eigenvalue weighted by molar-refractivity contribution is 0.660. The van der Waals surface area contributed by atoms with Crippen LogP contribution in [0.1, 0.15) is 25.0 Å². The topological polar surface area (TPSA) is 27.7 Å². The van der Waals surface area contributed by atoms with E-state index in [1.54, 1.807) is 0 Å². The van der Waals surface area contributed by atoms with Crippen LogP contribution in [0.4, 0.5) is 0 Å². The third-order valence-corrected chi connectivity index (χ3v) is 12.3. The van der Waals surface area contributed by atoms with Crippen LogP contribution in [0.25, 0.3) is 94.2 Å². The van der Waals surface area contributed by atoms with E-state index in [0.29, 0.717) is 0 Å². The van der Waals surface area contributed by atoms with Gasteiger partial charge in [-0.1, -0.05) is 141 Å². The van der Waals surface area contributed by atoms with Crippen molar-refractivity contribution < 1.29 is 0 Å². The Morgan fingerprint density at radius 1 is 0.411 bits per heavy atom. The van der Waals surface area contributed by atoms with Gasteiger partial charge in [0, 0.05) is 38.2 Å². The van der Waals surface area contributed by atoms with Gasteiger partial charge in [0.1, 0.15) is 11.3 Å². The van der Waals surface area contributed by atoms with Gasteiger partial charge in [0.15, 0.2) is 0 Å². The maximum absolute atomic E-state index is 5.81. The lowest BCUT2D eigenvalue weighted by Gasteiger charge is -2.22. The Hall–Kier alpha value is -7.17. The molecule has 3 heterocycles. The highest BCUT2D eigenvalue weighted by molar-refractivity contribution is 6.13. The van der Waals surface area contributed by atoms with Gasteiger partial charge < -0.3 is 9.13 Å². The molecule has 264 valence electrons. The van der Waals surface area contributed by atoms with Gasteiger partial charge in [-0.25, -0.2) is 4.98 Å². The van der Waals surface area contributed by atoms with Crippen LogP contribution in [0, 0.1) is 0 Å². The summed E-state index contributed by atoms with van der Waals surface area (Å²) >= 11 is 0. The molecule has 0 amide bonds. The molecule has 0 spiro atoms. The van der Waals surface area contributed by atoms with Crippen LogP contribution in [0.2, 0.25) is 0 Å². The summed E-state index contributed by atoms with van der Waals surface area (Å²) in [6, 6.07) is 66.2. The van der Waals surface area contributed by atoms with Gasteiger partial charge in [0.25, 0.3) is 0 Å². The lowest BCUT2D eigenvalue weighted by Crippen LogP contribution is -2.15. The van der Waals surface area contributed by atoms with Gasteiger partial charge in [0.05, 0.1) is 39.0 Å². The molecule has 1 aliphatic carbocycles. The maximum atomic E-state index is 5.81. The molecule has 56 heavy (non-hydrogen) atoms. The zero-order valence-corrected chi connectivity index (χ0v) is 31.1. The fourth-order valence-corrected chi connectivity index (χ4v) is 9.74. The highest BCUT2D eigenvalue weighted by atomic mass is 15.1. The summed E-state index contributed by atoms with van der Waals surface area (Å²) in [6.07, 6.45) is 0. The molecule has 0 N–H and O–H groups in total. The average molecular weight is 717 g/mol. The van der Waals surface area contributed by atoms with Crippen molar-refractivity contribution in [3.05, 3.63) is 193 Å². The number of nitrogens with zero attached hydrogens (tertiary/aromatic N) is 4. The predicted molar refractivity (Wildman–Crippen MR) is 233 cm³/mol. The van der Waals surface area contributed by atoms with E-state index >= 15 is 0 Å². The first-order valence-electron chi connectivity index (χ1n) is 19.4. The Morgan fingerprint density at radius 3 is 1.50 bits per heavy atom. The molecule has 12 rings (SSSR count). The Kier molecular flexibility index (Phi) is 6.37. The maximum Gasteiger partial charge on any atom is 0.145 e. The second-order valence-corrected chi connectivity index (χ2v) is 15.6. The minimum absolute atomic E-state index is 0.145. The molecule has 0 radical (unpaired) electrons. The van der Waals surface area contributed by atoms with Crippen molar-refractivity contribution in [2.24, 2.45) is 0 Å². The third-order valence-electron chi connectivity index (χ3n) is 12.3. The SMILES string of the molecule is CC1(C)c2ccccc2-c2ccc(-c3nc4c(-n5c6ccccc6c6ccccc65)ccc(-n5c6ccccc6c6ccccc65)c4n3-c3ccccc3)cc21. The van der Waals surface area contributed by atoms with Crippen LogP contribution in [0.3, 0.4) is 0 Å². The van der Waals surface area contributed by atoms with Crippen LogP contribution in [0.15, 0.2) is 182 Å². The van der Waals surface area contributed by atoms with Crippen LogP contribution >= 0.6 is 0 Å². The summed E-state index contributed by atoms with van der Waals surface area (Å²) in [5.74, 6) is 0.913. The normalized spacial score (nSPS) is 13.3. The van der Waals surface area contributed by atoms with Gasteiger partial charge in [0.2, 0.25) is 0 Å². The number of para-hydroxylation sites is 5. The monoisotopic (exact) mass is 716 g/mol. The summed E-state index contributed by atoms with van der Waals surface area (Å²) in [7, 11) is 0. The standard InChI is InChI=1S/C52H36N4/c1-52(2)41-23-11-6-18-35(41)36-29-28-33(32-42(36)52)51-53-49-47(55-43-24-12-7-19-37(43)38-20-8-13-25-44(38)55)30-31-48(50(49)54(51)34-16-4-3-5-17-34)56-45-26-14-9-21-39(45)40-22-10-15-27-46(40)56/h3-32H,1-2H3. The zero-order chi connectivity index (χ0) is 37.1.